The Morgan fingerprint density at radius 1 is 0.448 bits per heavy atom. The molecule has 0 aliphatic carbocycles. The number of rotatable bonds is 22. The van der Waals surface area contributed by atoms with Crippen LogP contribution >= 0.6 is 7.28 Å². The van der Waals surface area contributed by atoms with Gasteiger partial charge in [-0.05, 0) is 0 Å². The molecular formula is C25H55O3P. The zero-order valence-electron chi connectivity index (χ0n) is 20.2. The van der Waals surface area contributed by atoms with Gasteiger partial charge in [-0.1, -0.05) is 0 Å². The standard InChI is InChI=1S/C25H55O3P/c1-4-7-10-12-14-16-18-20-23-25(22-9-6-3)29(26,27,28)24-21-19-17-15-13-11-8-5-2/h25-28H,4-24H2,1-3H3. The van der Waals surface area contributed by atoms with E-state index in [1.54, 1.807) is 0 Å². The quantitative estimate of drug-likeness (QED) is 0.118. The monoisotopic (exact) mass is 434 g/mol. The Labute approximate surface area is 183 Å². The van der Waals surface area contributed by atoms with E-state index in [1.165, 1.54) is 70.6 Å². The van der Waals surface area contributed by atoms with Gasteiger partial charge in [0.2, 0.25) is 0 Å². The number of hydrogen-bond acceptors (Lipinski definition) is 3. The Balaban J connectivity index is 4.21. The van der Waals surface area contributed by atoms with Gasteiger partial charge in [0.25, 0.3) is 0 Å². The molecule has 0 aromatic heterocycles. The van der Waals surface area contributed by atoms with Crippen LogP contribution in [0.1, 0.15) is 149 Å². The van der Waals surface area contributed by atoms with Crippen LogP contribution in [-0.2, 0) is 0 Å². The summed E-state index contributed by atoms with van der Waals surface area (Å²) in [6, 6.07) is 0. The Morgan fingerprint density at radius 2 is 0.793 bits per heavy atom. The van der Waals surface area contributed by atoms with Crippen LogP contribution in [0.5, 0.6) is 0 Å². The van der Waals surface area contributed by atoms with Gasteiger partial charge in [-0.2, -0.15) is 0 Å². The van der Waals surface area contributed by atoms with E-state index in [2.05, 4.69) is 20.8 Å². The Hall–Kier alpha value is 0.310. The van der Waals surface area contributed by atoms with E-state index in [1.807, 2.05) is 0 Å². The molecular weight excluding hydrogens is 379 g/mol. The SMILES string of the molecule is CCCCCCCCCCC(CCCC)P(O)(O)(O)CCCCCCCCCC. The van der Waals surface area contributed by atoms with Crippen LogP contribution in [0.2, 0.25) is 0 Å². The molecule has 3 N–H and O–H groups in total. The topological polar surface area (TPSA) is 60.7 Å². The third kappa shape index (κ3) is 16.6. The molecule has 0 spiro atoms. The molecule has 3 nitrogen and oxygen atoms in total. The van der Waals surface area contributed by atoms with E-state index in [-0.39, 0.29) is 11.8 Å². The second-order valence-corrected chi connectivity index (χ2v) is 13.1. The summed E-state index contributed by atoms with van der Waals surface area (Å²) in [5.74, 6) is 0. The van der Waals surface area contributed by atoms with Crippen molar-refractivity contribution < 1.29 is 14.7 Å². The molecule has 0 aliphatic heterocycles. The van der Waals surface area contributed by atoms with E-state index < -0.39 is 7.28 Å². The van der Waals surface area contributed by atoms with Crippen LogP contribution in [0.15, 0.2) is 0 Å². The van der Waals surface area contributed by atoms with Gasteiger partial charge in [0, 0.05) is 0 Å². The molecule has 0 rings (SSSR count). The Morgan fingerprint density at radius 3 is 1.24 bits per heavy atom. The fraction of sp³-hybridized carbons (Fsp3) is 1.00. The first kappa shape index (κ1) is 29.3. The van der Waals surface area contributed by atoms with Crippen molar-refractivity contribution >= 4 is 7.28 Å². The predicted octanol–water partition coefficient (Wildman–Crippen LogP) is 8.49. The minimum atomic E-state index is -4.52. The van der Waals surface area contributed by atoms with Crippen molar-refractivity contribution in [2.24, 2.45) is 0 Å². The molecule has 0 saturated heterocycles. The molecule has 0 saturated carbocycles. The summed E-state index contributed by atoms with van der Waals surface area (Å²) >= 11 is 0. The molecule has 0 bridgehead atoms. The maximum atomic E-state index is 10.9. The molecule has 0 aromatic carbocycles. The average molecular weight is 435 g/mol. The van der Waals surface area contributed by atoms with Gasteiger partial charge in [-0.3, -0.25) is 0 Å². The molecule has 0 heterocycles. The third-order valence-corrected chi connectivity index (χ3v) is 9.66. The van der Waals surface area contributed by atoms with Crippen LogP contribution < -0.4 is 0 Å². The summed E-state index contributed by atoms with van der Waals surface area (Å²) in [6.45, 7) is 6.61. The van der Waals surface area contributed by atoms with Crippen molar-refractivity contribution in [2.75, 3.05) is 6.16 Å². The molecule has 0 radical (unpaired) electrons. The fourth-order valence-electron chi connectivity index (χ4n) is 4.36. The van der Waals surface area contributed by atoms with Crippen LogP contribution in [-0.4, -0.2) is 26.5 Å². The first-order valence-corrected chi connectivity index (χ1v) is 15.5. The van der Waals surface area contributed by atoms with E-state index in [4.69, 9.17) is 0 Å². The second kappa shape index (κ2) is 17.9. The number of hydrogen-bond donors (Lipinski definition) is 3. The van der Waals surface area contributed by atoms with Gasteiger partial charge >= 0.3 is 183 Å². The van der Waals surface area contributed by atoms with Crippen molar-refractivity contribution in [3.05, 3.63) is 0 Å². The first-order valence-electron chi connectivity index (χ1n) is 13.1. The molecule has 1 unspecified atom stereocenters. The van der Waals surface area contributed by atoms with E-state index in [9.17, 15) is 14.7 Å². The van der Waals surface area contributed by atoms with Gasteiger partial charge in [0.15, 0.2) is 0 Å². The molecule has 0 amide bonds. The van der Waals surface area contributed by atoms with Crippen molar-refractivity contribution in [3.8, 4) is 0 Å². The van der Waals surface area contributed by atoms with E-state index in [0.29, 0.717) is 0 Å². The number of unbranched alkanes of at least 4 members (excludes halogenated alkanes) is 15. The zero-order valence-corrected chi connectivity index (χ0v) is 21.1. The first-order chi connectivity index (χ1) is 13.9. The molecule has 29 heavy (non-hydrogen) atoms. The van der Waals surface area contributed by atoms with Crippen LogP contribution in [0.25, 0.3) is 0 Å². The third-order valence-electron chi connectivity index (χ3n) is 6.47. The van der Waals surface area contributed by atoms with Crippen molar-refractivity contribution in [3.63, 3.8) is 0 Å². The van der Waals surface area contributed by atoms with Crippen LogP contribution in [0.3, 0.4) is 0 Å². The van der Waals surface area contributed by atoms with Gasteiger partial charge < -0.3 is 0 Å². The molecule has 178 valence electrons. The molecule has 0 fully saturated rings. The summed E-state index contributed by atoms with van der Waals surface area (Å²) in [6.07, 6.45) is 23.0. The summed E-state index contributed by atoms with van der Waals surface area (Å²) in [7, 11) is -4.52. The molecule has 0 aromatic rings. The fourth-order valence-corrected chi connectivity index (χ4v) is 6.98. The van der Waals surface area contributed by atoms with Crippen LogP contribution in [0.4, 0.5) is 0 Å². The summed E-state index contributed by atoms with van der Waals surface area (Å²) in [5.41, 5.74) is -0.300. The zero-order chi connectivity index (χ0) is 21.9. The Bertz CT molecular complexity index is 352. The predicted molar refractivity (Wildman–Crippen MR) is 132 cm³/mol. The van der Waals surface area contributed by atoms with Gasteiger partial charge in [0.05, 0.1) is 0 Å². The summed E-state index contributed by atoms with van der Waals surface area (Å²) in [5, 5.41) is 0. The van der Waals surface area contributed by atoms with Gasteiger partial charge in [-0.25, -0.2) is 0 Å². The molecule has 4 heteroatoms. The van der Waals surface area contributed by atoms with Gasteiger partial charge in [-0.15, -0.1) is 0 Å². The average Bonchev–Trinajstić information content (AvgIpc) is 2.67. The van der Waals surface area contributed by atoms with Crippen LogP contribution in [0, 0.1) is 0 Å². The Kier molecular flexibility index (Phi) is 18.1. The molecule has 0 aliphatic rings. The second-order valence-electron chi connectivity index (χ2n) is 9.48. The van der Waals surface area contributed by atoms with Gasteiger partial charge in [0.1, 0.15) is 0 Å². The summed E-state index contributed by atoms with van der Waals surface area (Å²) in [4.78, 5) is 32.6. The normalized spacial score (nSPS) is 14.6. The van der Waals surface area contributed by atoms with Crippen molar-refractivity contribution in [1.29, 1.82) is 0 Å². The van der Waals surface area contributed by atoms with Crippen molar-refractivity contribution in [1.82, 2.24) is 0 Å². The van der Waals surface area contributed by atoms with E-state index >= 15 is 0 Å². The summed E-state index contributed by atoms with van der Waals surface area (Å²) < 4.78 is 0. The maximum absolute atomic E-state index is 10.9. The molecule has 1 atom stereocenters. The minimum absolute atomic E-state index is 0.214. The van der Waals surface area contributed by atoms with E-state index in [0.717, 1.165) is 57.8 Å². The van der Waals surface area contributed by atoms with Crippen molar-refractivity contribution in [2.45, 2.75) is 155 Å².